The van der Waals surface area contributed by atoms with Crippen molar-refractivity contribution >= 4 is 64.9 Å². The van der Waals surface area contributed by atoms with E-state index in [1.807, 2.05) is 6.26 Å². The number of aliphatic hydroxyl groups is 1. The number of hydrogen-bond acceptors (Lipinski definition) is 16. The molecule has 0 spiro atoms. The largest absolute Gasteiger partial charge is 0.508 e. The molecular weight excluding hydrogens is 971 g/mol. The predicted molar refractivity (Wildman–Crippen MR) is 269 cm³/mol. The number of aliphatic hydroxyl groups excluding tert-OH is 1. The molecule has 9 amide bonds. The number of primary amides is 1. The molecule has 1 fully saturated rings. The quantitative estimate of drug-likeness (QED) is 0.0205. The van der Waals surface area contributed by atoms with E-state index < -0.39 is 132 Å². The van der Waals surface area contributed by atoms with Crippen LogP contribution in [0.2, 0.25) is 0 Å². The van der Waals surface area contributed by atoms with Crippen LogP contribution in [0.4, 0.5) is 0 Å². The van der Waals surface area contributed by atoms with E-state index in [2.05, 4.69) is 42.5 Å². The molecule has 2 aromatic carbocycles. The Hall–Kier alpha value is -6.38. The van der Waals surface area contributed by atoms with E-state index in [-0.39, 0.29) is 18.6 Å². The zero-order valence-corrected chi connectivity index (χ0v) is 42.8. The molecule has 1 saturated heterocycles. The summed E-state index contributed by atoms with van der Waals surface area (Å²) < 4.78 is 0. The normalized spacial score (nSPS) is 16.3. The van der Waals surface area contributed by atoms with Crippen molar-refractivity contribution in [2.45, 2.75) is 146 Å². The molecule has 0 aromatic heterocycles. The Labute approximate surface area is 428 Å². The Morgan fingerprint density at radius 2 is 1.10 bits per heavy atom. The van der Waals surface area contributed by atoms with Crippen molar-refractivity contribution in [2.75, 3.05) is 18.6 Å². The lowest BCUT2D eigenvalue weighted by Gasteiger charge is -2.28. The first kappa shape index (κ1) is 60.9. The third-order valence-electron chi connectivity index (χ3n) is 11.6. The van der Waals surface area contributed by atoms with Crippen LogP contribution in [0.15, 0.2) is 54.6 Å². The summed E-state index contributed by atoms with van der Waals surface area (Å²) in [6.45, 7) is 7.72. The lowest BCUT2D eigenvalue weighted by molar-refractivity contribution is -0.136. The summed E-state index contributed by atoms with van der Waals surface area (Å²) in [4.78, 5) is 131. The van der Waals surface area contributed by atoms with Crippen LogP contribution in [0.5, 0.6) is 5.75 Å². The van der Waals surface area contributed by atoms with Crippen molar-refractivity contribution in [1.29, 1.82) is 0 Å². The van der Waals surface area contributed by atoms with Gasteiger partial charge in [0, 0.05) is 12.8 Å². The average Bonchev–Trinajstić information content (AvgIpc) is 4.19. The topological polar surface area (TPSA) is 393 Å². The van der Waals surface area contributed by atoms with Crippen molar-refractivity contribution in [3.8, 4) is 5.75 Å². The minimum absolute atomic E-state index is 0.0889. The summed E-state index contributed by atoms with van der Waals surface area (Å²) in [6.07, 6.45) is 0.730. The number of benzene rings is 2. The van der Waals surface area contributed by atoms with Crippen molar-refractivity contribution in [2.24, 2.45) is 23.1 Å². The maximum Gasteiger partial charge on any atom is 0.245 e. The van der Waals surface area contributed by atoms with Crippen molar-refractivity contribution in [1.82, 2.24) is 42.5 Å². The Morgan fingerprint density at radius 1 is 0.603 bits per heavy atom. The fourth-order valence-electron chi connectivity index (χ4n) is 7.21. The first-order valence-corrected chi connectivity index (χ1v) is 25.4. The monoisotopic (exact) mass is 1040 g/mol. The van der Waals surface area contributed by atoms with E-state index in [1.54, 1.807) is 44.2 Å². The second-order valence-corrected chi connectivity index (χ2v) is 19.2. The van der Waals surface area contributed by atoms with Gasteiger partial charge < -0.3 is 69.9 Å². The van der Waals surface area contributed by atoms with Crippen LogP contribution in [-0.4, -0.2) is 149 Å². The molecule has 3 rings (SSSR count). The number of rotatable bonds is 32. The minimum atomic E-state index is -1.74. The number of amides is 9. The number of phenols is 1. The fraction of sp³-hybridized carbons (Fsp3) is 0.562. The molecule has 1 heterocycles. The number of nitrogens with two attached hydrogens (primary N) is 3. The summed E-state index contributed by atoms with van der Waals surface area (Å²) in [6, 6.07) is 2.77. The Bertz CT molecular complexity index is 2170. The van der Waals surface area contributed by atoms with Gasteiger partial charge in [-0.1, -0.05) is 62.7 Å². The van der Waals surface area contributed by atoms with Gasteiger partial charge in [-0.3, -0.25) is 43.2 Å². The number of unbranched alkanes of at least 4 members (excludes halogenated alkanes) is 1. The molecule has 0 unspecified atom stereocenters. The van der Waals surface area contributed by atoms with Crippen molar-refractivity contribution < 1.29 is 63.1 Å². The van der Waals surface area contributed by atoms with Gasteiger partial charge in [-0.25, -0.2) is 0 Å². The molecule has 0 aliphatic carbocycles. The number of phenolic OH excluding ortho intramolecular Hbond substituents is 1. The summed E-state index contributed by atoms with van der Waals surface area (Å²) in [5.74, 6) is -7.69. The molecule has 25 heteroatoms. The first-order valence-electron chi connectivity index (χ1n) is 24.0. The van der Waals surface area contributed by atoms with Gasteiger partial charge >= 0.3 is 0 Å². The summed E-state index contributed by atoms with van der Waals surface area (Å²) >= 11 is 1.53. The number of thioether (sulfide) groups is 1. The van der Waals surface area contributed by atoms with Crippen LogP contribution in [0.25, 0.3) is 0 Å². The third kappa shape index (κ3) is 21.3. The fourth-order valence-corrected chi connectivity index (χ4v) is 7.70. The van der Waals surface area contributed by atoms with E-state index in [4.69, 9.17) is 27.0 Å². The van der Waals surface area contributed by atoms with E-state index in [0.717, 1.165) is 0 Å². The van der Waals surface area contributed by atoms with E-state index in [0.29, 0.717) is 49.1 Å². The van der Waals surface area contributed by atoms with Crippen LogP contribution in [-0.2, 0) is 65.8 Å². The summed E-state index contributed by atoms with van der Waals surface area (Å²) in [5, 5.41) is 40.9. The van der Waals surface area contributed by atoms with Crippen LogP contribution >= 0.6 is 11.8 Å². The highest BCUT2D eigenvalue weighted by molar-refractivity contribution is 7.98. The third-order valence-corrected chi connectivity index (χ3v) is 12.2. The molecule has 10 atom stereocenters. The highest BCUT2D eigenvalue weighted by Crippen LogP contribution is 2.21. The molecule has 2 aromatic rings. The molecule has 0 bridgehead atoms. The summed E-state index contributed by atoms with van der Waals surface area (Å²) in [5.41, 5.74) is 18.1. The predicted octanol–water partition coefficient (Wildman–Crippen LogP) is -2.49. The number of carbonyl (C=O) groups is 9. The molecule has 24 nitrogen and oxygen atoms in total. The standard InChI is InChI=1S/C48H73N11O13S/c1-25(2)38(58-40(63)26(3)52-42(65)32(50)14-10-11-20-49)46(69)57-35(23-30-15-17-31(61)18-16-30)44(67)56-36(24-37(51)62)45(68)55-34(22-29-12-8-7-9-13-29)43(66)53-27(4)41(64)59-39(28(5)60)47(70)54-33(19-21-73-6)48-71-72-48/h7-9,12-13,15-18,25-28,32-36,38-39,48,60-61H,10-11,14,19-24,49-50H2,1-6H3,(H2,51,62)(H,52,65)(H,53,66)(H,54,70)(H,55,68)(H,56,67)(H,57,69)(H,58,63)(H,59,64)/t26-,27-,28+,32-,33-,34-,35-,36-,38-,39-/m0/s1. The number of nitrogens with one attached hydrogen (secondary N) is 8. The second kappa shape index (κ2) is 30.6. The maximum absolute atomic E-state index is 14.3. The molecule has 1 aliphatic rings. The van der Waals surface area contributed by atoms with Crippen molar-refractivity contribution in [3.05, 3.63) is 65.7 Å². The lowest BCUT2D eigenvalue weighted by Crippen LogP contribution is -2.61. The zero-order chi connectivity index (χ0) is 54.4. The van der Waals surface area contributed by atoms with Gasteiger partial charge in [0.2, 0.25) is 59.5 Å². The highest BCUT2D eigenvalue weighted by Gasteiger charge is 2.40. The Kier molecular flexibility index (Phi) is 25.5. The SMILES string of the molecule is CSCC[C@H](NC(=O)[C@@H](NC(=O)[C@H](C)NC(=O)[C@H](Cc1ccccc1)NC(=O)[C@H](CC(N)=O)NC(=O)[C@H](Cc1ccc(O)cc1)NC(=O)[C@@H](NC(=O)[C@H](C)NC(=O)[C@@H](N)CCCCN)C(C)C)[C@@H](C)O)C1OO1. The van der Waals surface area contributed by atoms with Crippen molar-refractivity contribution in [3.63, 3.8) is 0 Å². The molecular formula is C48H73N11O13S. The number of aromatic hydroxyl groups is 1. The summed E-state index contributed by atoms with van der Waals surface area (Å²) in [7, 11) is 0. The molecule has 404 valence electrons. The van der Waals surface area contributed by atoms with Crippen LogP contribution in [0.1, 0.15) is 77.8 Å². The van der Waals surface area contributed by atoms with Crippen LogP contribution < -0.4 is 59.7 Å². The van der Waals surface area contributed by atoms with Gasteiger partial charge in [-0.2, -0.15) is 21.5 Å². The Balaban J connectivity index is 1.83. The van der Waals surface area contributed by atoms with E-state index >= 15 is 0 Å². The zero-order valence-electron chi connectivity index (χ0n) is 42.0. The smallest absolute Gasteiger partial charge is 0.245 e. The van der Waals surface area contributed by atoms with Gasteiger partial charge in [0.15, 0.2) is 0 Å². The number of hydrogen-bond donors (Lipinski definition) is 13. The van der Waals surface area contributed by atoms with E-state index in [9.17, 15) is 53.4 Å². The number of carbonyl (C=O) groups excluding carboxylic acids is 9. The van der Waals surface area contributed by atoms with Gasteiger partial charge in [0.1, 0.15) is 48.0 Å². The molecule has 0 radical (unpaired) electrons. The molecule has 73 heavy (non-hydrogen) atoms. The average molecular weight is 1040 g/mol. The Morgan fingerprint density at radius 3 is 1.62 bits per heavy atom. The van der Waals surface area contributed by atoms with Gasteiger partial charge in [0.05, 0.1) is 24.6 Å². The minimum Gasteiger partial charge on any atom is -0.508 e. The lowest BCUT2D eigenvalue weighted by atomic mass is 10.00. The van der Waals surface area contributed by atoms with Crippen LogP contribution in [0.3, 0.4) is 0 Å². The highest BCUT2D eigenvalue weighted by atomic mass is 32.2. The maximum atomic E-state index is 14.3. The molecule has 16 N–H and O–H groups in total. The molecule has 0 saturated carbocycles. The van der Waals surface area contributed by atoms with Gasteiger partial charge in [-0.05, 0) is 87.8 Å². The first-order chi connectivity index (χ1) is 34.5. The van der Waals surface area contributed by atoms with Gasteiger partial charge in [0.25, 0.3) is 0 Å². The second-order valence-electron chi connectivity index (χ2n) is 18.2. The van der Waals surface area contributed by atoms with E-state index in [1.165, 1.54) is 56.8 Å². The van der Waals surface area contributed by atoms with Gasteiger partial charge in [-0.15, -0.1) is 0 Å². The molecule has 1 aliphatic heterocycles. The van der Waals surface area contributed by atoms with Crippen LogP contribution in [0, 0.1) is 5.92 Å².